The summed E-state index contributed by atoms with van der Waals surface area (Å²) in [7, 11) is -3.86. The Morgan fingerprint density at radius 3 is 2.62 bits per heavy atom. The maximum atomic E-state index is 12.1. The molecule has 0 aromatic heterocycles. The summed E-state index contributed by atoms with van der Waals surface area (Å²) in [5.74, 6) is -0.533. The minimum atomic E-state index is -3.86. The molecule has 0 unspecified atom stereocenters. The molecule has 0 aliphatic carbocycles. The van der Waals surface area contributed by atoms with Crippen LogP contribution >= 0.6 is 0 Å². The fourth-order valence-corrected chi connectivity index (χ4v) is 3.12. The highest BCUT2D eigenvalue weighted by molar-refractivity contribution is 7.89. The smallest absolute Gasteiger partial charge is 0.338 e. The Bertz CT molecular complexity index is 620. The number of esters is 1. The van der Waals surface area contributed by atoms with E-state index in [1.807, 2.05) is 6.92 Å². The maximum Gasteiger partial charge on any atom is 0.338 e. The van der Waals surface area contributed by atoms with Gasteiger partial charge in [-0.1, -0.05) is 13.0 Å². The van der Waals surface area contributed by atoms with Crippen LogP contribution in [0.4, 0.5) is 0 Å². The van der Waals surface area contributed by atoms with Gasteiger partial charge in [-0.2, -0.15) is 0 Å². The van der Waals surface area contributed by atoms with Crippen LogP contribution in [0.3, 0.4) is 0 Å². The van der Waals surface area contributed by atoms with Gasteiger partial charge < -0.3 is 9.47 Å². The van der Waals surface area contributed by atoms with Gasteiger partial charge >= 0.3 is 5.97 Å². The van der Waals surface area contributed by atoms with E-state index in [1.54, 1.807) is 12.1 Å². The fourth-order valence-electron chi connectivity index (χ4n) is 2.25. The first-order valence-electron chi connectivity index (χ1n) is 6.86. The summed E-state index contributed by atoms with van der Waals surface area (Å²) < 4.78 is 33.7. The van der Waals surface area contributed by atoms with E-state index in [2.05, 4.69) is 0 Å². The zero-order valence-corrected chi connectivity index (χ0v) is 12.7. The van der Waals surface area contributed by atoms with Crippen molar-refractivity contribution in [3.05, 3.63) is 29.3 Å². The first-order chi connectivity index (χ1) is 9.91. The van der Waals surface area contributed by atoms with Crippen LogP contribution < -0.4 is 5.14 Å². The van der Waals surface area contributed by atoms with Crippen molar-refractivity contribution in [1.82, 2.24) is 0 Å². The number of benzene rings is 1. The van der Waals surface area contributed by atoms with Crippen LogP contribution in [0.15, 0.2) is 23.1 Å². The van der Waals surface area contributed by atoms with Crippen LogP contribution in [-0.2, 0) is 25.9 Å². The Hall–Kier alpha value is -1.44. The normalized spacial score (nSPS) is 16.7. The lowest BCUT2D eigenvalue weighted by Crippen LogP contribution is -2.26. The number of aryl methyl sites for hydroxylation is 1. The summed E-state index contributed by atoms with van der Waals surface area (Å²) in [5.41, 5.74) is 0.780. The molecule has 1 aliphatic rings. The Labute approximate surface area is 124 Å². The second-order valence-corrected chi connectivity index (χ2v) is 6.47. The molecule has 7 heteroatoms. The molecular weight excluding hydrogens is 294 g/mol. The van der Waals surface area contributed by atoms with E-state index in [1.165, 1.54) is 6.07 Å². The van der Waals surface area contributed by atoms with Crippen molar-refractivity contribution < 1.29 is 22.7 Å². The Morgan fingerprint density at radius 1 is 1.38 bits per heavy atom. The molecule has 0 saturated carbocycles. The van der Waals surface area contributed by atoms with E-state index >= 15 is 0 Å². The van der Waals surface area contributed by atoms with Crippen LogP contribution in [0.25, 0.3) is 0 Å². The van der Waals surface area contributed by atoms with Crippen molar-refractivity contribution >= 4 is 16.0 Å². The van der Waals surface area contributed by atoms with Crippen LogP contribution in [0.5, 0.6) is 0 Å². The van der Waals surface area contributed by atoms with Gasteiger partial charge in [0.25, 0.3) is 0 Å². The zero-order chi connectivity index (χ0) is 15.5. The van der Waals surface area contributed by atoms with Crippen molar-refractivity contribution in [3.63, 3.8) is 0 Å². The van der Waals surface area contributed by atoms with Gasteiger partial charge in [0.1, 0.15) is 6.10 Å². The molecule has 2 rings (SSSR count). The molecular formula is C14H19NO5S. The van der Waals surface area contributed by atoms with Crippen molar-refractivity contribution in [3.8, 4) is 0 Å². The Morgan fingerprint density at radius 2 is 2.05 bits per heavy atom. The quantitative estimate of drug-likeness (QED) is 0.844. The number of carbonyl (C=O) groups is 1. The number of hydrogen-bond acceptors (Lipinski definition) is 5. The van der Waals surface area contributed by atoms with Crippen molar-refractivity contribution in [1.29, 1.82) is 0 Å². The minimum absolute atomic E-state index is 0.0218. The molecule has 0 amide bonds. The van der Waals surface area contributed by atoms with Gasteiger partial charge in [-0.05, 0) is 24.1 Å². The summed E-state index contributed by atoms with van der Waals surface area (Å²) in [4.78, 5) is 12.1. The molecule has 0 atom stereocenters. The Kier molecular flexibility index (Phi) is 4.97. The van der Waals surface area contributed by atoms with Crippen LogP contribution in [-0.4, -0.2) is 33.7 Å². The second kappa shape index (κ2) is 6.55. The number of carbonyl (C=O) groups excluding carboxylic acids is 1. The SMILES string of the molecule is CCc1ccc(C(=O)OC2CCOCC2)cc1S(N)(=O)=O. The zero-order valence-electron chi connectivity index (χ0n) is 11.9. The highest BCUT2D eigenvalue weighted by Gasteiger charge is 2.21. The van der Waals surface area contributed by atoms with E-state index in [0.717, 1.165) is 0 Å². The molecule has 2 N–H and O–H groups in total. The van der Waals surface area contributed by atoms with Crippen molar-refractivity contribution in [2.45, 2.75) is 37.2 Å². The molecule has 0 spiro atoms. The van der Waals surface area contributed by atoms with Gasteiger partial charge in [-0.25, -0.2) is 18.4 Å². The summed E-state index contributed by atoms with van der Waals surface area (Å²) in [6, 6.07) is 4.45. The highest BCUT2D eigenvalue weighted by atomic mass is 32.2. The molecule has 1 heterocycles. The molecule has 0 radical (unpaired) electrons. The number of ether oxygens (including phenoxy) is 2. The van der Waals surface area contributed by atoms with E-state index in [9.17, 15) is 13.2 Å². The third-order valence-electron chi connectivity index (χ3n) is 3.43. The van der Waals surface area contributed by atoms with E-state index < -0.39 is 16.0 Å². The average Bonchev–Trinajstić information content (AvgIpc) is 2.46. The largest absolute Gasteiger partial charge is 0.459 e. The van der Waals surface area contributed by atoms with Gasteiger partial charge in [-0.15, -0.1) is 0 Å². The first kappa shape index (κ1) is 15.9. The van der Waals surface area contributed by atoms with E-state index in [4.69, 9.17) is 14.6 Å². The summed E-state index contributed by atoms with van der Waals surface area (Å²) in [6.07, 6.45) is 1.64. The first-order valence-corrected chi connectivity index (χ1v) is 8.41. The number of sulfonamides is 1. The summed E-state index contributed by atoms with van der Waals surface area (Å²) >= 11 is 0. The van der Waals surface area contributed by atoms with Gasteiger partial charge in [-0.3, -0.25) is 0 Å². The molecule has 1 saturated heterocycles. The predicted molar refractivity (Wildman–Crippen MR) is 76.4 cm³/mol. The van der Waals surface area contributed by atoms with Crippen LogP contribution in [0, 0.1) is 0 Å². The van der Waals surface area contributed by atoms with E-state index in [0.29, 0.717) is 38.0 Å². The predicted octanol–water partition coefficient (Wildman–Crippen LogP) is 1.23. The van der Waals surface area contributed by atoms with Crippen molar-refractivity contribution in [2.75, 3.05) is 13.2 Å². The summed E-state index contributed by atoms with van der Waals surface area (Å²) in [5, 5.41) is 5.19. The topological polar surface area (TPSA) is 95.7 Å². The van der Waals surface area contributed by atoms with Crippen molar-refractivity contribution in [2.24, 2.45) is 5.14 Å². The number of nitrogens with two attached hydrogens (primary N) is 1. The molecule has 21 heavy (non-hydrogen) atoms. The third-order valence-corrected chi connectivity index (χ3v) is 4.43. The molecule has 6 nitrogen and oxygen atoms in total. The monoisotopic (exact) mass is 313 g/mol. The second-order valence-electron chi connectivity index (χ2n) is 4.94. The number of rotatable bonds is 4. The lowest BCUT2D eigenvalue weighted by Gasteiger charge is -2.22. The van der Waals surface area contributed by atoms with Gasteiger partial charge in [0.2, 0.25) is 10.0 Å². The van der Waals surface area contributed by atoms with Gasteiger partial charge in [0.15, 0.2) is 0 Å². The molecule has 1 fully saturated rings. The number of primary sulfonamides is 1. The standard InChI is InChI=1S/C14H19NO5S/c1-2-10-3-4-11(9-13(10)21(15,17)18)14(16)20-12-5-7-19-8-6-12/h3-4,9,12H,2,5-8H2,1H3,(H2,15,17,18). The highest BCUT2D eigenvalue weighted by Crippen LogP contribution is 2.19. The Balaban J connectivity index is 2.21. The van der Waals surface area contributed by atoms with Gasteiger partial charge in [0.05, 0.1) is 23.7 Å². The lowest BCUT2D eigenvalue weighted by molar-refractivity contribution is -0.0159. The van der Waals surface area contributed by atoms with Crippen LogP contribution in [0.1, 0.15) is 35.7 Å². The number of hydrogen-bond donors (Lipinski definition) is 1. The minimum Gasteiger partial charge on any atom is -0.459 e. The van der Waals surface area contributed by atoms with E-state index in [-0.39, 0.29) is 16.6 Å². The summed E-state index contributed by atoms with van der Waals surface area (Å²) in [6.45, 7) is 2.95. The third kappa shape index (κ3) is 4.03. The van der Waals surface area contributed by atoms with Gasteiger partial charge in [0, 0.05) is 12.8 Å². The average molecular weight is 313 g/mol. The fraction of sp³-hybridized carbons (Fsp3) is 0.500. The molecule has 0 bridgehead atoms. The maximum absolute atomic E-state index is 12.1. The van der Waals surface area contributed by atoms with Crippen LogP contribution in [0.2, 0.25) is 0 Å². The molecule has 1 aliphatic heterocycles. The molecule has 1 aromatic carbocycles. The molecule has 1 aromatic rings. The molecule has 116 valence electrons. The lowest BCUT2D eigenvalue weighted by atomic mass is 10.1.